The van der Waals surface area contributed by atoms with Crippen molar-refractivity contribution in [2.75, 3.05) is 0 Å². The van der Waals surface area contributed by atoms with Crippen molar-refractivity contribution in [1.82, 2.24) is 24.8 Å². The molecule has 1 fully saturated rings. The summed E-state index contributed by atoms with van der Waals surface area (Å²) in [6, 6.07) is 24.8. The van der Waals surface area contributed by atoms with Gasteiger partial charge in [0.15, 0.2) is 5.65 Å². The first-order valence-electron chi connectivity index (χ1n) is 14.3. The van der Waals surface area contributed by atoms with Crippen LogP contribution in [0.3, 0.4) is 0 Å². The monoisotopic (exact) mass is 571 g/mol. The Bertz CT molecular complexity index is 1870. The second-order valence-corrected chi connectivity index (χ2v) is 11.8. The third kappa shape index (κ3) is 5.53. The highest BCUT2D eigenvalue weighted by molar-refractivity contribution is 6.02. The second-order valence-electron chi connectivity index (χ2n) is 11.8. The van der Waals surface area contributed by atoms with Gasteiger partial charge in [0.2, 0.25) is 0 Å². The minimum Gasteiger partial charge on any atom is -0.444 e. The number of pyridine rings is 2. The van der Waals surface area contributed by atoms with E-state index in [1.165, 1.54) is 4.57 Å². The van der Waals surface area contributed by atoms with Crippen LogP contribution >= 0.6 is 0 Å². The lowest BCUT2D eigenvalue weighted by Crippen LogP contribution is -2.52. The molecule has 3 heterocycles. The van der Waals surface area contributed by atoms with Crippen molar-refractivity contribution < 1.29 is 9.53 Å². The maximum absolute atomic E-state index is 12.7. The maximum Gasteiger partial charge on any atom is 0.408 e. The average Bonchev–Trinajstić information content (AvgIpc) is 2.98. The van der Waals surface area contributed by atoms with Crippen LogP contribution in [-0.4, -0.2) is 37.0 Å². The Morgan fingerprint density at radius 3 is 2.16 bits per heavy atom. The van der Waals surface area contributed by atoms with Gasteiger partial charge in [0.25, 0.3) is 0 Å². The van der Waals surface area contributed by atoms with E-state index >= 15 is 0 Å². The number of aromatic nitrogens is 4. The molecular weight excluding hydrogens is 538 g/mol. The van der Waals surface area contributed by atoms with E-state index in [1.54, 1.807) is 36.7 Å². The number of nitrogens with zero attached hydrogens (tertiary/aromatic N) is 4. The first-order chi connectivity index (χ1) is 20.6. The van der Waals surface area contributed by atoms with Gasteiger partial charge in [-0.1, -0.05) is 54.6 Å². The largest absolute Gasteiger partial charge is 0.444 e. The van der Waals surface area contributed by atoms with Crippen molar-refractivity contribution in [3.63, 3.8) is 0 Å². The molecule has 1 amide bonds. The lowest BCUT2D eigenvalue weighted by Gasteiger charge is -2.43. The zero-order chi connectivity index (χ0) is 30.2. The lowest BCUT2D eigenvalue weighted by atomic mass is 9.71. The maximum atomic E-state index is 12.7. The van der Waals surface area contributed by atoms with Gasteiger partial charge in [-0.15, -0.1) is 0 Å². The minimum atomic E-state index is -0.578. The van der Waals surface area contributed by atoms with Crippen LogP contribution in [0.15, 0.2) is 91.3 Å². The number of hydrogen-bond acceptors (Lipinski definition) is 7. The van der Waals surface area contributed by atoms with Crippen LogP contribution in [-0.2, 0) is 10.3 Å². The molecule has 9 heteroatoms. The van der Waals surface area contributed by atoms with Gasteiger partial charge in [0.05, 0.1) is 16.9 Å². The number of amides is 1. The van der Waals surface area contributed by atoms with Crippen LogP contribution in [0.4, 0.5) is 4.79 Å². The van der Waals surface area contributed by atoms with Crippen molar-refractivity contribution in [2.24, 2.45) is 0 Å². The van der Waals surface area contributed by atoms with Gasteiger partial charge >= 0.3 is 6.09 Å². The van der Waals surface area contributed by atoms with E-state index in [9.17, 15) is 4.79 Å². The van der Waals surface area contributed by atoms with Crippen LogP contribution in [0, 0.1) is 10.8 Å². The molecule has 216 valence electrons. The molecule has 3 N–H and O–H groups in total. The van der Waals surface area contributed by atoms with Gasteiger partial charge in [-0.25, -0.2) is 14.8 Å². The molecule has 5 aromatic rings. The smallest absolute Gasteiger partial charge is 0.408 e. The minimum absolute atomic E-state index is 0.112. The van der Waals surface area contributed by atoms with E-state index in [-0.39, 0.29) is 11.3 Å². The summed E-state index contributed by atoms with van der Waals surface area (Å²) >= 11 is 0. The molecule has 0 radical (unpaired) electrons. The number of nitrogens with one attached hydrogen (secondary N) is 3. The predicted octanol–water partition coefficient (Wildman–Crippen LogP) is 6.42. The van der Waals surface area contributed by atoms with Gasteiger partial charge in [0.1, 0.15) is 22.4 Å². The number of benzene rings is 2. The first-order valence-corrected chi connectivity index (χ1v) is 14.3. The van der Waals surface area contributed by atoms with Crippen LogP contribution < -0.4 is 10.8 Å². The molecule has 1 aliphatic carbocycles. The number of alkyl carbamates (subject to hydrolysis) is 1. The summed E-state index contributed by atoms with van der Waals surface area (Å²) in [5, 5.41) is 20.7. The molecule has 9 nitrogen and oxygen atoms in total. The van der Waals surface area contributed by atoms with E-state index in [4.69, 9.17) is 25.5 Å². The number of carbonyl (C=O) groups excluding carboxylic acids is 1. The van der Waals surface area contributed by atoms with E-state index < -0.39 is 17.2 Å². The number of hydrogen-bond donors (Lipinski definition) is 3. The van der Waals surface area contributed by atoms with E-state index in [0.717, 1.165) is 36.0 Å². The summed E-state index contributed by atoms with van der Waals surface area (Å²) in [6.07, 6.45) is 5.51. The fourth-order valence-corrected chi connectivity index (χ4v) is 5.39. The number of ether oxygens (including phenoxy) is 1. The molecule has 2 aromatic carbocycles. The van der Waals surface area contributed by atoms with Crippen molar-refractivity contribution in [2.45, 2.75) is 51.2 Å². The lowest BCUT2D eigenvalue weighted by molar-refractivity contribution is 0.0377. The zero-order valence-corrected chi connectivity index (χ0v) is 24.4. The Balaban J connectivity index is 1.46. The third-order valence-electron chi connectivity index (χ3n) is 7.64. The van der Waals surface area contributed by atoms with E-state index in [1.807, 2.05) is 75.4 Å². The Labute approximate surface area is 249 Å². The van der Waals surface area contributed by atoms with Crippen LogP contribution in [0.1, 0.15) is 51.2 Å². The molecule has 3 aromatic heterocycles. The SMILES string of the molecule is CC(C)(C)OC(=O)NC1(c2ccc(-c3nc4c(ccc(=N)n4C(=N)c4ccncc4)nc3-c3ccccc3)cc2)CCC1. The number of fused-ring (bicyclic) bond motifs is 1. The highest BCUT2D eigenvalue weighted by Crippen LogP contribution is 2.42. The fraction of sp³-hybridized carbons (Fsp3) is 0.235. The summed E-state index contributed by atoms with van der Waals surface area (Å²) in [6.45, 7) is 5.57. The predicted molar refractivity (Wildman–Crippen MR) is 166 cm³/mol. The first kappa shape index (κ1) is 28.0. The van der Waals surface area contributed by atoms with E-state index in [0.29, 0.717) is 28.1 Å². The molecule has 0 unspecified atom stereocenters. The second kappa shape index (κ2) is 10.9. The van der Waals surface area contributed by atoms with E-state index in [2.05, 4.69) is 10.3 Å². The van der Waals surface area contributed by atoms with Gasteiger partial charge in [-0.2, -0.15) is 0 Å². The molecule has 0 bridgehead atoms. The van der Waals surface area contributed by atoms with Crippen molar-refractivity contribution in [3.05, 3.63) is 108 Å². The Kier molecular flexibility index (Phi) is 7.09. The zero-order valence-electron chi connectivity index (χ0n) is 24.4. The Hall–Kier alpha value is -5.18. The van der Waals surface area contributed by atoms with Crippen LogP contribution in [0.5, 0.6) is 0 Å². The summed E-state index contributed by atoms with van der Waals surface area (Å²) in [4.78, 5) is 26.8. The number of rotatable bonds is 5. The Morgan fingerprint density at radius 2 is 1.53 bits per heavy atom. The molecule has 0 atom stereocenters. The molecule has 0 spiro atoms. The third-order valence-corrected chi connectivity index (χ3v) is 7.64. The van der Waals surface area contributed by atoms with Gasteiger partial charge in [-0.05, 0) is 69.9 Å². The fourth-order valence-electron chi connectivity index (χ4n) is 5.39. The summed E-state index contributed by atoms with van der Waals surface area (Å²) in [7, 11) is 0. The molecule has 1 aliphatic rings. The molecular formula is C34H33N7O2. The quantitative estimate of drug-likeness (QED) is 0.166. The van der Waals surface area contributed by atoms with Gasteiger partial charge in [0, 0.05) is 29.1 Å². The normalized spacial score (nSPS) is 14.1. The van der Waals surface area contributed by atoms with Crippen LogP contribution in [0.25, 0.3) is 33.7 Å². The van der Waals surface area contributed by atoms with Crippen molar-refractivity contribution in [1.29, 1.82) is 10.8 Å². The summed E-state index contributed by atoms with van der Waals surface area (Å²) in [5.41, 5.74) is 4.75. The summed E-state index contributed by atoms with van der Waals surface area (Å²) in [5.74, 6) is 0.112. The van der Waals surface area contributed by atoms with Crippen molar-refractivity contribution >= 4 is 23.1 Å². The topological polar surface area (TPSA) is 130 Å². The number of carbonyl (C=O) groups is 1. The molecule has 0 aliphatic heterocycles. The summed E-state index contributed by atoms with van der Waals surface area (Å²) < 4.78 is 7.05. The van der Waals surface area contributed by atoms with Crippen LogP contribution in [0.2, 0.25) is 0 Å². The Morgan fingerprint density at radius 1 is 0.884 bits per heavy atom. The van der Waals surface area contributed by atoms with Gasteiger partial charge in [-0.3, -0.25) is 20.4 Å². The average molecular weight is 572 g/mol. The molecule has 6 rings (SSSR count). The molecule has 1 saturated carbocycles. The van der Waals surface area contributed by atoms with Gasteiger partial charge < -0.3 is 10.1 Å². The van der Waals surface area contributed by atoms with Crippen molar-refractivity contribution in [3.8, 4) is 22.5 Å². The molecule has 43 heavy (non-hydrogen) atoms. The highest BCUT2D eigenvalue weighted by atomic mass is 16.6. The molecule has 0 saturated heterocycles. The standard InChI is InChI=1S/C34H33N7O2/c1-33(2,3)43-32(42)40-34(18-7-19-34)25-12-10-23(11-13-25)29-28(22-8-5-4-6-9-22)38-26-14-15-27(35)41(31(26)39-29)30(36)24-16-20-37-21-17-24/h4-6,8-17,20-21,35-36H,7,18-19H2,1-3H3,(H,40,42). The highest BCUT2D eigenvalue weighted by Gasteiger charge is 2.41.